The number of carbonyl (C=O) groups is 1. The Bertz CT molecular complexity index is 1040. The summed E-state index contributed by atoms with van der Waals surface area (Å²) >= 11 is 12.3. The van der Waals surface area contributed by atoms with Gasteiger partial charge in [0.2, 0.25) is 5.91 Å². The third kappa shape index (κ3) is 4.97. The Labute approximate surface area is 170 Å². The van der Waals surface area contributed by atoms with Crippen LogP contribution < -0.4 is 5.32 Å². The number of nitro benzene ring substituents is 1. The molecule has 0 bridgehead atoms. The first-order valence-corrected chi connectivity index (χ1v) is 8.87. The van der Waals surface area contributed by atoms with Crippen molar-refractivity contribution in [3.63, 3.8) is 0 Å². The van der Waals surface area contributed by atoms with E-state index < -0.39 is 4.92 Å². The second-order valence-electron chi connectivity index (χ2n) is 5.80. The van der Waals surface area contributed by atoms with Gasteiger partial charge in [-0.25, -0.2) is 0 Å². The van der Waals surface area contributed by atoms with Crippen molar-refractivity contribution in [3.05, 3.63) is 92.2 Å². The molecule has 28 heavy (non-hydrogen) atoms. The lowest BCUT2D eigenvalue weighted by molar-refractivity contribution is -0.384. The highest BCUT2D eigenvalue weighted by molar-refractivity contribution is 6.35. The van der Waals surface area contributed by atoms with E-state index in [2.05, 4.69) is 10.4 Å². The first-order valence-electron chi connectivity index (χ1n) is 8.11. The van der Waals surface area contributed by atoms with E-state index in [1.54, 1.807) is 41.2 Å². The Balaban J connectivity index is 1.64. The van der Waals surface area contributed by atoms with E-state index in [0.717, 1.165) is 5.56 Å². The largest absolute Gasteiger partial charge is 0.320 e. The van der Waals surface area contributed by atoms with Gasteiger partial charge < -0.3 is 5.32 Å². The average molecular weight is 417 g/mol. The van der Waals surface area contributed by atoms with E-state index in [-0.39, 0.29) is 11.6 Å². The number of hydrogen-bond donors (Lipinski definition) is 1. The molecule has 0 saturated heterocycles. The van der Waals surface area contributed by atoms with Crippen LogP contribution in [0.4, 0.5) is 11.4 Å². The highest BCUT2D eigenvalue weighted by Crippen LogP contribution is 2.25. The number of nitrogens with zero attached hydrogens (tertiary/aromatic N) is 3. The zero-order valence-electron chi connectivity index (χ0n) is 14.4. The van der Waals surface area contributed by atoms with Crippen LogP contribution in [0.5, 0.6) is 0 Å². The fourth-order valence-corrected chi connectivity index (χ4v) is 2.97. The monoisotopic (exact) mass is 416 g/mol. The van der Waals surface area contributed by atoms with Crippen molar-refractivity contribution in [3.8, 4) is 0 Å². The first-order chi connectivity index (χ1) is 13.4. The second-order valence-corrected chi connectivity index (χ2v) is 6.62. The minimum absolute atomic E-state index is 0.0398. The number of nitro groups is 1. The molecule has 0 saturated carbocycles. The zero-order valence-corrected chi connectivity index (χ0v) is 15.9. The fourth-order valence-electron chi connectivity index (χ4n) is 2.46. The van der Waals surface area contributed by atoms with Gasteiger partial charge in [-0.2, -0.15) is 5.10 Å². The number of rotatable bonds is 6. The maximum absolute atomic E-state index is 12.1. The molecule has 0 aliphatic carbocycles. The summed E-state index contributed by atoms with van der Waals surface area (Å²) in [6.07, 6.45) is 5.94. The van der Waals surface area contributed by atoms with Gasteiger partial charge in [0.15, 0.2) is 0 Å². The number of carbonyl (C=O) groups excluding carboxylic acids is 1. The van der Waals surface area contributed by atoms with Gasteiger partial charge in [0.05, 0.1) is 23.4 Å². The number of aromatic nitrogens is 2. The van der Waals surface area contributed by atoms with E-state index in [1.807, 2.05) is 0 Å². The molecule has 3 aromatic rings. The molecule has 3 rings (SSSR count). The first kappa shape index (κ1) is 19.6. The van der Waals surface area contributed by atoms with E-state index in [0.29, 0.717) is 27.8 Å². The predicted molar refractivity (Wildman–Crippen MR) is 109 cm³/mol. The fraction of sp³-hybridized carbons (Fsp3) is 0.0526. The molecule has 0 aliphatic rings. The smallest absolute Gasteiger partial charge is 0.270 e. The van der Waals surface area contributed by atoms with Crippen LogP contribution in [0.15, 0.2) is 60.9 Å². The molecule has 0 spiro atoms. The van der Waals surface area contributed by atoms with E-state index >= 15 is 0 Å². The van der Waals surface area contributed by atoms with Crippen molar-refractivity contribution < 1.29 is 9.72 Å². The van der Waals surface area contributed by atoms with Crippen molar-refractivity contribution in [2.75, 3.05) is 5.32 Å². The zero-order chi connectivity index (χ0) is 20.1. The standard InChI is InChI=1S/C19H14Cl2N4O3/c20-17-5-2-6-18(21)16(17)12-24-11-14(10-22-24)23-19(26)8-7-13-3-1-4-15(9-13)25(27)28/h1-11H,12H2,(H,23,26). The van der Waals surface area contributed by atoms with E-state index in [9.17, 15) is 14.9 Å². The Morgan fingerprint density at radius 3 is 2.64 bits per heavy atom. The number of halogens is 2. The summed E-state index contributed by atoms with van der Waals surface area (Å²) in [4.78, 5) is 22.4. The predicted octanol–water partition coefficient (Wildman–Crippen LogP) is 4.80. The number of non-ortho nitro benzene ring substituents is 1. The number of hydrogen-bond acceptors (Lipinski definition) is 4. The molecule has 0 unspecified atom stereocenters. The molecule has 1 heterocycles. The van der Waals surface area contributed by atoms with Crippen LogP contribution in [0.2, 0.25) is 10.0 Å². The molecule has 1 amide bonds. The van der Waals surface area contributed by atoms with Crippen LogP contribution in [-0.2, 0) is 11.3 Å². The average Bonchev–Trinajstić information content (AvgIpc) is 3.10. The topological polar surface area (TPSA) is 90.1 Å². The molecule has 2 aromatic carbocycles. The van der Waals surface area contributed by atoms with Gasteiger partial charge in [0.25, 0.3) is 5.69 Å². The van der Waals surface area contributed by atoms with Crippen molar-refractivity contribution in [1.29, 1.82) is 0 Å². The van der Waals surface area contributed by atoms with E-state index in [1.165, 1.54) is 30.5 Å². The van der Waals surface area contributed by atoms with Gasteiger partial charge in [-0.15, -0.1) is 0 Å². The van der Waals surface area contributed by atoms with Crippen molar-refractivity contribution >= 4 is 46.6 Å². The summed E-state index contributed by atoms with van der Waals surface area (Å²) in [5.74, 6) is -0.387. The number of benzene rings is 2. The minimum Gasteiger partial charge on any atom is -0.320 e. The third-order valence-corrected chi connectivity index (χ3v) is 4.50. The van der Waals surface area contributed by atoms with Crippen LogP contribution in [0.1, 0.15) is 11.1 Å². The normalized spacial score (nSPS) is 10.9. The van der Waals surface area contributed by atoms with Crippen molar-refractivity contribution in [2.45, 2.75) is 6.54 Å². The Morgan fingerprint density at radius 2 is 1.93 bits per heavy atom. The summed E-state index contributed by atoms with van der Waals surface area (Å²) in [7, 11) is 0. The number of anilines is 1. The van der Waals surface area contributed by atoms with Crippen LogP contribution in [-0.4, -0.2) is 20.6 Å². The van der Waals surface area contributed by atoms with Gasteiger partial charge >= 0.3 is 0 Å². The van der Waals surface area contributed by atoms with Crippen LogP contribution in [0.3, 0.4) is 0 Å². The molecule has 0 aliphatic heterocycles. The number of amides is 1. The van der Waals surface area contributed by atoms with Gasteiger partial charge in [-0.05, 0) is 23.8 Å². The van der Waals surface area contributed by atoms with E-state index in [4.69, 9.17) is 23.2 Å². The Morgan fingerprint density at radius 1 is 1.21 bits per heavy atom. The highest BCUT2D eigenvalue weighted by Gasteiger charge is 2.08. The maximum atomic E-state index is 12.1. The lowest BCUT2D eigenvalue weighted by Gasteiger charge is -2.06. The molecule has 0 fully saturated rings. The molecule has 0 radical (unpaired) electrons. The molecule has 1 aromatic heterocycles. The summed E-state index contributed by atoms with van der Waals surface area (Å²) in [6.45, 7) is 0.359. The molecule has 0 atom stereocenters. The Hall–Kier alpha value is -3.16. The van der Waals surface area contributed by atoms with Crippen LogP contribution >= 0.6 is 23.2 Å². The van der Waals surface area contributed by atoms with Crippen molar-refractivity contribution in [2.24, 2.45) is 0 Å². The summed E-state index contributed by atoms with van der Waals surface area (Å²) in [5.41, 5.74) is 1.74. The quantitative estimate of drug-likeness (QED) is 0.355. The second kappa shape index (κ2) is 8.69. The van der Waals surface area contributed by atoms with Gasteiger partial charge in [-0.3, -0.25) is 19.6 Å². The van der Waals surface area contributed by atoms with Crippen LogP contribution in [0, 0.1) is 10.1 Å². The van der Waals surface area contributed by atoms with Gasteiger partial charge in [0, 0.05) is 40.0 Å². The summed E-state index contributed by atoms with van der Waals surface area (Å²) in [5, 5.41) is 18.7. The molecular formula is C19H14Cl2N4O3. The van der Waals surface area contributed by atoms with Crippen LogP contribution in [0.25, 0.3) is 6.08 Å². The number of nitrogens with one attached hydrogen (secondary N) is 1. The molecule has 9 heteroatoms. The van der Waals surface area contributed by atoms with Crippen molar-refractivity contribution in [1.82, 2.24) is 9.78 Å². The third-order valence-electron chi connectivity index (χ3n) is 3.79. The molecule has 142 valence electrons. The summed E-state index contributed by atoms with van der Waals surface area (Å²) < 4.78 is 1.60. The molecule has 1 N–H and O–H groups in total. The highest BCUT2D eigenvalue weighted by atomic mass is 35.5. The Kier molecular flexibility index (Phi) is 6.08. The SMILES string of the molecule is O=C(C=Cc1cccc([N+](=O)[O-])c1)Nc1cnn(Cc2c(Cl)cccc2Cl)c1. The van der Waals surface area contributed by atoms with Gasteiger partial charge in [0.1, 0.15) is 0 Å². The lowest BCUT2D eigenvalue weighted by atomic mass is 10.2. The molecular weight excluding hydrogens is 403 g/mol. The minimum atomic E-state index is -0.489. The van der Waals surface area contributed by atoms with Gasteiger partial charge in [-0.1, -0.05) is 41.4 Å². The summed E-state index contributed by atoms with van der Waals surface area (Å²) in [6, 6.07) is 11.2. The molecule has 7 nitrogen and oxygen atoms in total. The maximum Gasteiger partial charge on any atom is 0.270 e. The lowest BCUT2D eigenvalue weighted by Crippen LogP contribution is -2.07.